The fourth-order valence-corrected chi connectivity index (χ4v) is 1.51. The van der Waals surface area contributed by atoms with Crippen LogP contribution in [0.1, 0.15) is 12.5 Å². The number of hydrogen-bond acceptors (Lipinski definition) is 5. The summed E-state index contributed by atoms with van der Waals surface area (Å²) in [5.74, 6) is -0.283. The van der Waals surface area contributed by atoms with E-state index in [0.717, 1.165) is 11.3 Å². The lowest BCUT2D eigenvalue weighted by Gasteiger charge is -2.13. The second-order valence-corrected chi connectivity index (χ2v) is 3.86. The molecule has 0 spiro atoms. The van der Waals surface area contributed by atoms with Crippen molar-refractivity contribution in [3.63, 3.8) is 0 Å². The highest BCUT2D eigenvalue weighted by atomic mass is 16.5. The monoisotopic (exact) mass is 253 g/mol. The molecule has 0 aliphatic rings. The first-order valence-corrected chi connectivity index (χ1v) is 5.93. The van der Waals surface area contributed by atoms with Crippen LogP contribution in [0.2, 0.25) is 0 Å². The second kappa shape index (κ2) is 7.68. The third-order valence-electron chi connectivity index (χ3n) is 2.40. The molecule has 1 rings (SSSR count). The topological polar surface area (TPSA) is 78.8 Å². The molecule has 100 valence electrons. The van der Waals surface area contributed by atoms with Crippen molar-refractivity contribution in [3.8, 4) is 0 Å². The first kappa shape index (κ1) is 14.5. The van der Waals surface area contributed by atoms with Crippen LogP contribution in [-0.2, 0) is 16.0 Å². The lowest BCUT2D eigenvalue weighted by Crippen LogP contribution is -2.23. The number of benzene rings is 1. The van der Waals surface area contributed by atoms with Gasteiger partial charge in [0.1, 0.15) is 0 Å². The number of hydrogen-bond donors (Lipinski definition) is 3. The number of aliphatic hydroxyl groups is 2. The van der Waals surface area contributed by atoms with Crippen molar-refractivity contribution < 1.29 is 19.7 Å². The molecule has 1 aromatic rings. The summed E-state index contributed by atoms with van der Waals surface area (Å²) >= 11 is 0. The first-order valence-electron chi connectivity index (χ1n) is 5.93. The number of anilines is 1. The van der Waals surface area contributed by atoms with Crippen molar-refractivity contribution in [1.82, 2.24) is 0 Å². The average Bonchev–Trinajstić information content (AvgIpc) is 2.37. The molecule has 1 aromatic carbocycles. The SMILES string of the molecule is CCOC(=O)Cc1ccccc1NCC(O)CO. The van der Waals surface area contributed by atoms with Crippen LogP contribution in [0.25, 0.3) is 0 Å². The lowest BCUT2D eigenvalue weighted by atomic mass is 10.1. The molecule has 1 unspecified atom stereocenters. The van der Waals surface area contributed by atoms with Crippen LogP contribution < -0.4 is 5.32 Å². The summed E-state index contributed by atoms with van der Waals surface area (Å²) in [4.78, 5) is 11.4. The van der Waals surface area contributed by atoms with Gasteiger partial charge in [0.25, 0.3) is 0 Å². The molecular formula is C13H19NO4. The Labute approximate surface area is 106 Å². The van der Waals surface area contributed by atoms with Crippen molar-refractivity contribution in [2.24, 2.45) is 0 Å². The number of carbonyl (C=O) groups is 1. The highest BCUT2D eigenvalue weighted by Gasteiger charge is 2.09. The van der Waals surface area contributed by atoms with Gasteiger partial charge in [-0.05, 0) is 18.6 Å². The number of para-hydroxylation sites is 1. The minimum Gasteiger partial charge on any atom is -0.466 e. The summed E-state index contributed by atoms with van der Waals surface area (Å²) in [6.07, 6.45) is -0.632. The van der Waals surface area contributed by atoms with Gasteiger partial charge < -0.3 is 20.3 Å². The Kier molecular flexibility index (Phi) is 6.18. The largest absolute Gasteiger partial charge is 0.466 e. The van der Waals surface area contributed by atoms with Gasteiger partial charge in [-0.1, -0.05) is 18.2 Å². The van der Waals surface area contributed by atoms with Gasteiger partial charge in [0.15, 0.2) is 0 Å². The molecule has 0 bridgehead atoms. The van der Waals surface area contributed by atoms with Gasteiger partial charge in [-0.2, -0.15) is 0 Å². The van der Waals surface area contributed by atoms with E-state index in [9.17, 15) is 9.90 Å². The number of esters is 1. The smallest absolute Gasteiger partial charge is 0.310 e. The highest BCUT2D eigenvalue weighted by Crippen LogP contribution is 2.16. The van der Waals surface area contributed by atoms with Crippen molar-refractivity contribution in [2.45, 2.75) is 19.4 Å². The van der Waals surface area contributed by atoms with E-state index in [1.54, 1.807) is 6.92 Å². The summed E-state index contributed by atoms with van der Waals surface area (Å²) in [6.45, 7) is 2.06. The van der Waals surface area contributed by atoms with Gasteiger partial charge in [-0.25, -0.2) is 0 Å². The highest BCUT2D eigenvalue weighted by molar-refractivity contribution is 5.75. The maximum atomic E-state index is 11.4. The molecular weight excluding hydrogens is 234 g/mol. The molecule has 0 amide bonds. The zero-order chi connectivity index (χ0) is 13.4. The fourth-order valence-electron chi connectivity index (χ4n) is 1.51. The van der Waals surface area contributed by atoms with Gasteiger partial charge in [-0.15, -0.1) is 0 Å². The van der Waals surface area contributed by atoms with E-state index in [1.807, 2.05) is 24.3 Å². The summed E-state index contributed by atoms with van der Waals surface area (Å²) in [5, 5.41) is 21.0. The predicted molar refractivity (Wildman–Crippen MR) is 68.4 cm³/mol. The van der Waals surface area contributed by atoms with Gasteiger partial charge in [0.2, 0.25) is 0 Å². The molecule has 3 N–H and O–H groups in total. The van der Waals surface area contributed by atoms with Crippen molar-refractivity contribution in [1.29, 1.82) is 0 Å². The van der Waals surface area contributed by atoms with Crippen molar-refractivity contribution >= 4 is 11.7 Å². The minimum absolute atomic E-state index is 0.187. The van der Waals surface area contributed by atoms with E-state index in [1.165, 1.54) is 0 Å². The number of nitrogens with one attached hydrogen (secondary N) is 1. The predicted octanol–water partition coefficient (Wildman–Crippen LogP) is 0.557. The molecule has 5 nitrogen and oxygen atoms in total. The van der Waals surface area contributed by atoms with E-state index in [4.69, 9.17) is 9.84 Å². The van der Waals surface area contributed by atoms with E-state index in [2.05, 4.69) is 5.32 Å². The Morgan fingerprint density at radius 1 is 1.44 bits per heavy atom. The van der Waals surface area contributed by atoms with Crippen molar-refractivity contribution in [3.05, 3.63) is 29.8 Å². The van der Waals surface area contributed by atoms with Crippen LogP contribution in [0, 0.1) is 0 Å². The van der Waals surface area contributed by atoms with Gasteiger partial charge >= 0.3 is 5.97 Å². The minimum atomic E-state index is -0.819. The second-order valence-electron chi connectivity index (χ2n) is 3.86. The number of ether oxygens (including phenoxy) is 1. The zero-order valence-corrected chi connectivity index (χ0v) is 10.4. The standard InChI is InChI=1S/C13H19NO4/c1-2-18-13(17)7-10-5-3-4-6-12(10)14-8-11(16)9-15/h3-6,11,14-16H,2,7-9H2,1H3. The Morgan fingerprint density at radius 2 is 2.17 bits per heavy atom. The van der Waals surface area contributed by atoms with Crippen LogP contribution in [0.5, 0.6) is 0 Å². The molecule has 18 heavy (non-hydrogen) atoms. The average molecular weight is 253 g/mol. The van der Waals surface area contributed by atoms with E-state index in [-0.39, 0.29) is 25.5 Å². The molecule has 0 saturated carbocycles. The molecule has 0 aliphatic heterocycles. The zero-order valence-electron chi connectivity index (χ0n) is 10.4. The molecule has 0 radical (unpaired) electrons. The van der Waals surface area contributed by atoms with Gasteiger partial charge in [-0.3, -0.25) is 4.79 Å². The number of rotatable bonds is 7. The van der Waals surface area contributed by atoms with Crippen LogP contribution >= 0.6 is 0 Å². The molecule has 1 atom stereocenters. The van der Waals surface area contributed by atoms with Crippen molar-refractivity contribution in [2.75, 3.05) is 25.1 Å². The normalized spacial score (nSPS) is 11.9. The van der Waals surface area contributed by atoms with Crippen LogP contribution in [-0.4, -0.2) is 42.0 Å². The maximum Gasteiger partial charge on any atom is 0.310 e. The summed E-state index contributed by atoms with van der Waals surface area (Å²) in [5.41, 5.74) is 1.57. The quantitative estimate of drug-likeness (QED) is 0.619. The summed E-state index contributed by atoms with van der Waals surface area (Å²) in [7, 11) is 0. The molecule has 0 saturated heterocycles. The van der Waals surface area contributed by atoms with E-state index in [0.29, 0.717) is 6.61 Å². The third-order valence-corrected chi connectivity index (χ3v) is 2.40. The van der Waals surface area contributed by atoms with Crippen LogP contribution in [0.4, 0.5) is 5.69 Å². The van der Waals surface area contributed by atoms with Crippen LogP contribution in [0.15, 0.2) is 24.3 Å². The molecule has 5 heteroatoms. The van der Waals surface area contributed by atoms with Gasteiger partial charge in [0, 0.05) is 12.2 Å². The van der Waals surface area contributed by atoms with Crippen LogP contribution in [0.3, 0.4) is 0 Å². The Morgan fingerprint density at radius 3 is 2.83 bits per heavy atom. The molecule has 0 fully saturated rings. The first-order chi connectivity index (χ1) is 8.67. The van der Waals surface area contributed by atoms with E-state index < -0.39 is 6.10 Å². The Bertz CT molecular complexity index is 381. The number of carbonyl (C=O) groups excluding carboxylic acids is 1. The van der Waals surface area contributed by atoms with E-state index >= 15 is 0 Å². The maximum absolute atomic E-state index is 11.4. The molecule has 0 heterocycles. The Balaban J connectivity index is 2.64. The number of aliphatic hydroxyl groups excluding tert-OH is 2. The third kappa shape index (κ3) is 4.73. The van der Waals surface area contributed by atoms with Gasteiger partial charge in [0.05, 0.1) is 25.7 Å². The summed E-state index contributed by atoms with van der Waals surface area (Å²) < 4.78 is 4.89. The molecule has 0 aromatic heterocycles. The lowest BCUT2D eigenvalue weighted by molar-refractivity contribution is -0.142. The molecule has 0 aliphatic carbocycles. The summed E-state index contributed by atoms with van der Waals surface area (Å²) in [6, 6.07) is 7.31. The fraction of sp³-hybridized carbons (Fsp3) is 0.462. The Hall–Kier alpha value is -1.59.